The summed E-state index contributed by atoms with van der Waals surface area (Å²) in [5, 5.41) is 5.13. The Labute approximate surface area is 215 Å². The third-order valence-corrected chi connectivity index (χ3v) is 6.68. The van der Waals surface area contributed by atoms with Crippen molar-refractivity contribution in [2.24, 2.45) is 0 Å². The van der Waals surface area contributed by atoms with Crippen LogP contribution in [0.25, 0.3) is 0 Å². The monoisotopic (exact) mass is 524 g/mol. The Bertz CT molecular complexity index is 1370. The first kappa shape index (κ1) is 24.4. The quantitative estimate of drug-likeness (QED) is 0.549. The summed E-state index contributed by atoms with van der Waals surface area (Å²) in [6.07, 6.45) is 1.32. The van der Waals surface area contributed by atoms with Gasteiger partial charge < -0.3 is 15.0 Å². The zero-order valence-corrected chi connectivity index (χ0v) is 20.2. The molecule has 2 aromatic carbocycles. The van der Waals surface area contributed by atoms with E-state index in [0.717, 1.165) is 11.3 Å². The molecule has 3 aliphatic rings. The van der Waals surface area contributed by atoms with Crippen LogP contribution in [-0.2, 0) is 19.2 Å². The first-order chi connectivity index (χ1) is 17.7. The summed E-state index contributed by atoms with van der Waals surface area (Å²) < 4.78 is 5.51. The van der Waals surface area contributed by atoms with Crippen LogP contribution in [0.3, 0.4) is 0 Å². The van der Waals surface area contributed by atoms with Crippen molar-refractivity contribution in [3.05, 3.63) is 52.5 Å². The van der Waals surface area contributed by atoms with Gasteiger partial charge in [-0.25, -0.2) is 0 Å². The lowest BCUT2D eigenvalue weighted by atomic mass is 10.0. The van der Waals surface area contributed by atoms with Crippen LogP contribution >= 0.6 is 11.6 Å². The summed E-state index contributed by atoms with van der Waals surface area (Å²) in [6, 6.07) is 7.96. The van der Waals surface area contributed by atoms with E-state index >= 15 is 0 Å². The highest BCUT2D eigenvalue weighted by Crippen LogP contribution is 2.32. The standard InChI is InChI=1S/C25H21ClN4O7/c26-17-10-13(3-6-18(17)29-9-1-2-22(29)33)27-21(32)12-37-14-4-5-15-16(11-14)25(36)30(24(15)35)19-7-8-20(31)28-23(19)34/h3-6,10-11,19H,1-2,7-9,12H2,(H,27,32)(H,28,31,34). The number of benzene rings is 2. The number of halogens is 1. The van der Waals surface area contributed by atoms with Crippen LogP contribution < -0.4 is 20.3 Å². The number of anilines is 2. The van der Waals surface area contributed by atoms with E-state index in [1.165, 1.54) is 18.2 Å². The highest BCUT2D eigenvalue weighted by molar-refractivity contribution is 6.34. The molecule has 0 spiro atoms. The summed E-state index contributed by atoms with van der Waals surface area (Å²) in [5.74, 6) is -2.76. The van der Waals surface area contributed by atoms with E-state index in [4.69, 9.17) is 16.3 Å². The molecule has 2 fully saturated rings. The number of nitrogens with one attached hydrogen (secondary N) is 2. The van der Waals surface area contributed by atoms with Gasteiger partial charge in [-0.3, -0.25) is 39.0 Å². The molecule has 0 radical (unpaired) electrons. The van der Waals surface area contributed by atoms with E-state index in [9.17, 15) is 28.8 Å². The second-order valence-electron chi connectivity index (χ2n) is 8.81. The third-order valence-electron chi connectivity index (χ3n) is 6.38. The fourth-order valence-corrected chi connectivity index (χ4v) is 4.87. The first-order valence-electron chi connectivity index (χ1n) is 11.6. The molecule has 0 bridgehead atoms. The average Bonchev–Trinajstić information content (AvgIpc) is 3.39. The van der Waals surface area contributed by atoms with Crippen molar-refractivity contribution >= 4 is 58.4 Å². The van der Waals surface area contributed by atoms with Gasteiger partial charge in [0.05, 0.1) is 21.8 Å². The van der Waals surface area contributed by atoms with E-state index in [-0.39, 0.29) is 42.2 Å². The Hall–Kier alpha value is -4.25. The number of carbonyl (C=O) groups is 6. The number of ether oxygens (including phenoxy) is 1. The predicted octanol–water partition coefficient (Wildman–Crippen LogP) is 1.89. The van der Waals surface area contributed by atoms with Crippen LogP contribution in [0, 0.1) is 0 Å². The molecule has 11 nitrogen and oxygen atoms in total. The molecule has 2 aromatic rings. The van der Waals surface area contributed by atoms with Crippen LogP contribution in [0.5, 0.6) is 5.75 Å². The summed E-state index contributed by atoms with van der Waals surface area (Å²) in [7, 11) is 0. The topological polar surface area (TPSA) is 142 Å². The van der Waals surface area contributed by atoms with Crippen molar-refractivity contribution in [3.8, 4) is 5.75 Å². The van der Waals surface area contributed by atoms with Crippen molar-refractivity contribution in [1.29, 1.82) is 0 Å². The summed E-state index contributed by atoms with van der Waals surface area (Å²) in [6.45, 7) is 0.208. The maximum atomic E-state index is 12.9. The molecule has 3 aliphatic heterocycles. The van der Waals surface area contributed by atoms with Crippen LogP contribution in [0.2, 0.25) is 5.02 Å². The van der Waals surface area contributed by atoms with Crippen LogP contribution in [0.15, 0.2) is 36.4 Å². The SMILES string of the molecule is O=C1CCC(N2C(=O)c3ccc(OCC(=O)Nc4ccc(N5CCCC5=O)c(Cl)c4)cc3C2=O)C(=O)N1. The fraction of sp³-hybridized carbons (Fsp3) is 0.280. The predicted molar refractivity (Wildman–Crippen MR) is 130 cm³/mol. The van der Waals surface area contributed by atoms with Crippen molar-refractivity contribution in [2.75, 3.05) is 23.4 Å². The molecule has 1 atom stereocenters. The van der Waals surface area contributed by atoms with Crippen molar-refractivity contribution < 1.29 is 33.5 Å². The number of hydrogen-bond donors (Lipinski definition) is 2. The van der Waals surface area contributed by atoms with Crippen molar-refractivity contribution in [1.82, 2.24) is 10.2 Å². The third kappa shape index (κ3) is 4.65. The molecule has 2 saturated heterocycles. The molecule has 3 heterocycles. The normalized spacial score (nSPS) is 19.3. The Morgan fingerprint density at radius 2 is 1.81 bits per heavy atom. The van der Waals surface area contributed by atoms with E-state index in [2.05, 4.69) is 10.6 Å². The van der Waals surface area contributed by atoms with Gasteiger partial charge in [0.25, 0.3) is 17.7 Å². The lowest BCUT2D eigenvalue weighted by Gasteiger charge is -2.27. The Morgan fingerprint density at radius 3 is 2.51 bits per heavy atom. The fourth-order valence-electron chi connectivity index (χ4n) is 4.59. The van der Waals surface area contributed by atoms with E-state index in [1.807, 2.05) is 0 Å². The van der Waals surface area contributed by atoms with Gasteiger partial charge >= 0.3 is 0 Å². The number of amides is 6. The highest BCUT2D eigenvalue weighted by Gasteiger charge is 2.44. The van der Waals surface area contributed by atoms with Crippen molar-refractivity contribution in [2.45, 2.75) is 31.7 Å². The average molecular weight is 525 g/mol. The first-order valence-corrected chi connectivity index (χ1v) is 12.0. The molecule has 2 N–H and O–H groups in total. The van der Waals surface area contributed by atoms with E-state index in [0.29, 0.717) is 29.4 Å². The molecule has 0 saturated carbocycles. The number of rotatable bonds is 6. The van der Waals surface area contributed by atoms with E-state index in [1.54, 1.807) is 23.1 Å². The number of imide groups is 2. The smallest absolute Gasteiger partial charge is 0.262 e. The van der Waals surface area contributed by atoms with Gasteiger partial charge in [-0.2, -0.15) is 0 Å². The molecular weight excluding hydrogens is 504 g/mol. The van der Waals surface area contributed by atoms with Gasteiger partial charge in [-0.1, -0.05) is 11.6 Å². The lowest BCUT2D eigenvalue weighted by Crippen LogP contribution is -2.54. The van der Waals surface area contributed by atoms with Gasteiger partial charge in [0, 0.05) is 25.1 Å². The molecule has 0 aromatic heterocycles. The van der Waals surface area contributed by atoms with Gasteiger partial charge in [-0.05, 0) is 49.2 Å². The minimum absolute atomic E-state index is 0.00171. The van der Waals surface area contributed by atoms with Crippen LogP contribution in [-0.4, -0.2) is 59.5 Å². The maximum absolute atomic E-state index is 12.9. The van der Waals surface area contributed by atoms with Gasteiger partial charge in [0.2, 0.25) is 17.7 Å². The van der Waals surface area contributed by atoms with Crippen LogP contribution in [0.4, 0.5) is 11.4 Å². The lowest BCUT2D eigenvalue weighted by molar-refractivity contribution is -0.136. The molecule has 5 rings (SSSR count). The zero-order valence-electron chi connectivity index (χ0n) is 19.4. The highest BCUT2D eigenvalue weighted by atomic mass is 35.5. The molecule has 6 amide bonds. The molecule has 12 heteroatoms. The minimum atomic E-state index is -1.07. The Morgan fingerprint density at radius 1 is 1.03 bits per heavy atom. The Kier molecular flexibility index (Phi) is 6.38. The largest absolute Gasteiger partial charge is 0.484 e. The van der Waals surface area contributed by atoms with Gasteiger partial charge in [-0.15, -0.1) is 0 Å². The molecule has 0 aliphatic carbocycles. The summed E-state index contributed by atoms with van der Waals surface area (Å²) >= 11 is 6.31. The molecular formula is C25H21ClN4O7. The number of piperidine rings is 1. The van der Waals surface area contributed by atoms with Crippen molar-refractivity contribution in [3.63, 3.8) is 0 Å². The maximum Gasteiger partial charge on any atom is 0.262 e. The molecule has 1 unspecified atom stereocenters. The second-order valence-corrected chi connectivity index (χ2v) is 9.21. The summed E-state index contributed by atoms with van der Waals surface area (Å²) in [4.78, 5) is 76.1. The summed E-state index contributed by atoms with van der Waals surface area (Å²) in [5.41, 5.74) is 1.16. The number of carbonyl (C=O) groups excluding carboxylic acids is 6. The second kappa shape index (κ2) is 9.66. The number of fused-ring (bicyclic) bond motifs is 1. The number of nitrogens with zero attached hydrogens (tertiary/aromatic N) is 2. The zero-order chi connectivity index (χ0) is 26.3. The minimum Gasteiger partial charge on any atom is -0.484 e. The van der Waals surface area contributed by atoms with Gasteiger partial charge in [0.15, 0.2) is 6.61 Å². The molecule has 37 heavy (non-hydrogen) atoms. The van der Waals surface area contributed by atoms with E-state index < -0.39 is 35.6 Å². The number of hydrogen-bond acceptors (Lipinski definition) is 7. The molecule has 190 valence electrons. The van der Waals surface area contributed by atoms with Gasteiger partial charge in [0.1, 0.15) is 11.8 Å². The van der Waals surface area contributed by atoms with Crippen LogP contribution in [0.1, 0.15) is 46.4 Å². The Balaban J connectivity index is 1.21.